The van der Waals surface area contributed by atoms with E-state index in [0.717, 1.165) is 12.8 Å². The van der Waals surface area contributed by atoms with Crippen LogP contribution in [0, 0.1) is 0 Å². The maximum absolute atomic E-state index is 6.07. The lowest BCUT2D eigenvalue weighted by Gasteiger charge is -2.20. The Morgan fingerprint density at radius 3 is 2.63 bits per heavy atom. The Labute approximate surface area is 126 Å². The predicted molar refractivity (Wildman–Crippen MR) is 84.2 cm³/mol. The lowest BCUT2D eigenvalue weighted by molar-refractivity contribution is 0.532. The second-order valence-corrected chi connectivity index (χ2v) is 6.06. The largest absolute Gasteiger partial charge is 0.316 e. The highest BCUT2D eigenvalue weighted by atomic mass is 35.5. The van der Waals surface area contributed by atoms with Gasteiger partial charge in [-0.05, 0) is 63.3 Å². The molecule has 0 aromatic heterocycles. The molecule has 1 N–H and O–H groups in total. The number of benzene rings is 1. The summed E-state index contributed by atoms with van der Waals surface area (Å²) in [6, 6.07) is 6.39. The van der Waals surface area contributed by atoms with Gasteiger partial charge in [-0.1, -0.05) is 40.9 Å². The third-order valence-electron chi connectivity index (χ3n) is 3.77. The summed E-state index contributed by atoms with van der Waals surface area (Å²) < 4.78 is 0. The van der Waals surface area contributed by atoms with E-state index in [0.29, 0.717) is 16.1 Å². The molecule has 0 heterocycles. The molecule has 0 fully saturated rings. The first-order chi connectivity index (χ1) is 9.19. The van der Waals surface area contributed by atoms with E-state index >= 15 is 0 Å². The van der Waals surface area contributed by atoms with Gasteiger partial charge in [-0.2, -0.15) is 0 Å². The lowest BCUT2D eigenvalue weighted by atomic mass is 9.92. The van der Waals surface area contributed by atoms with Crippen LogP contribution in [0.5, 0.6) is 0 Å². The Balaban J connectivity index is 1.97. The molecular formula is C16H21Cl2N. The van der Waals surface area contributed by atoms with Gasteiger partial charge >= 0.3 is 0 Å². The average molecular weight is 298 g/mol. The fraction of sp³-hybridized carbons (Fsp3) is 0.500. The minimum atomic E-state index is 0.474. The monoisotopic (exact) mass is 297 g/mol. The minimum Gasteiger partial charge on any atom is -0.316 e. The highest BCUT2D eigenvalue weighted by Gasteiger charge is 2.12. The summed E-state index contributed by atoms with van der Waals surface area (Å²) in [6.07, 6.45) is 9.75. The van der Waals surface area contributed by atoms with Gasteiger partial charge in [0.1, 0.15) is 0 Å². The summed E-state index contributed by atoms with van der Waals surface area (Å²) >= 11 is 12.0. The molecule has 1 nitrogen and oxygen atoms in total. The maximum Gasteiger partial charge on any atom is 0.0595 e. The first-order valence-corrected chi connectivity index (χ1v) is 7.73. The first-order valence-electron chi connectivity index (χ1n) is 6.98. The van der Waals surface area contributed by atoms with E-state index in [1.165, 1.54) is 31.2 Å². The van der Waals surface area contributed by atoms with Crippen molar-refractivity contribution in [2.75, 3.05) is 7.05 Å². The molecule has 1 aromatic carbocycles. The molecule has 0 saturated heterocycles. The van der Waals surface area contributed by atoms with Crippen molar-refractivity contribution >= 4 is 23.2 Å². The number of allylic oxidation sites excluding steroid dienone is 1. The molecule has 0 amide bonds. The molecule has 0 saturated carbocycles. The van der Waals surface area contributed by atoms with Crippen LogP contribution < -0.4 is 5.32 Å². The van der Waals surface area contributed by atoms with E-state index < -0.39 is 0 Å². The Hall–Kier alpha value is -0.500. The second-order valence-electron chi connectivity index (χ2n) is 5.25. The molecule has 1 unspecified atom stereocenters. The van der Waals surface area contributed by atoms with Crippen LogP contribution in [0.25, 0.3) is 0 Å². The first kappa shape index (κ1) is 14.9. The van der Waals surface area contributed by atoms with Crippen molar-refractivity contribution in [2.24, 2.45) is 0 Å². The summed E-state index contributed by atoms with van der Waals surface area (Å²) in [4.78, 5) is 0. The summed E-state index contributed by atoms with van der Waals surface area (Å²) in [6.45, 7) is 0. The van der Waals surface area contributed by atoms with Crippen molar-refractivity contribution in [3.63, 3.8) is 0 Å². The normalized spacial score (nSPS) is 17.1. The maximum atomic E-state index is 6.07. The third kappa shape index (κ3) is 4.52. The number of halogens is 2. The van der Waals surface area contributed by atoms with Crippen molar-refractivity contribution in [1.29, 1.82) is 0 Å². The van der Waals surface area contributed by atoms with E-state index in [-0.39, 0.29) is 0 Å². The molecule has 1 atom stereocenters. The molecule has 104 valence electrons. The van der Waals surface area contributed by atoms with Gasteiger partial charge in [-0.3, -0.25) is 0 Å². The molecule has 1 aliphatic carbocycles. The smallest absolute Gasteiger partial charge is 0.0595 e. The third-order valence-corrected chi connectivity index (χ3v) is 4.51. The standard InChI is InChI=1S/C16H21Cl2N/c1-19-14(9-12-5-3-2-4-6-12)10-13-7-8-15(17)16(18)11-13/h5,7-8,11,14,19H,2-4,6,9-10H2,1H3. The number of hydrogen-bond donors (Lipinski definition) is 1. The summed E-state index contributed by atoms with van der Waals surface area (Å²) in [5.41, 5.74) is 2.84. The van der Waals surface area contributed by atoms with Crippen molar-refractivity contribution in [1.82, 2.24) is 5.32 Å². The molecular weight excluding hydrogens is 277 g/mol. The fourth-order valence-corrected chi connectivity index (χ4v) is 2.95. The SMILES string of the molecule is CNC(CC1=CCCCC1)Cc1ccc(Cl)c(Cl)c1. The molecule has 2 rings (SSSR count). The lowest BCUT2D eigenvalue weighted by Crippen LogP contribution is -2.28. The second kappa shape index (κ2) is 7.33. The van der Waals surface area contributed by atoms with Crippen LogP contribution in [0.2, 0.25) is 10.0 Å². The molecule has 3 heteroatoms. The molecule has 0 aliphatic heterocycles. The van der Waals surface area contributed by atoms with Gasteiger partial charge in [0, 0.05) is 6.04 Å². The number of likely N-dealkylation sites (N-methyl/N-ethyl adjacent to an activating group) is 1. The van der Waals surface area contributed by atoms with Gasteiger partial charge in [-0.25, -0.2) is 0 Å². The Morgan fingerprint density at radius 1 is 1.16 bits per heavy atom. The van der Waals surface area contributed by atoms with Crippen LogP contribution in [0.1, 0.15) is 37.7 Å². The van der Waals surface area contributed by atoms with Crippen molar-refractivity contribution < 1.29 is 0 Å². The number of nitrogens with one attached hydrogen (secondary N) is 1. The van der Waals surface area contributed by atoms with Crippen molar-refractivity contribution in [3.8, 4) is 0 Å². The highest BCUT2D eigenvalue weighted by Crippen LogP contribution is 2.25. The van der Waals surface area contributed by atoms with Crippen LogP contribution in [-0.4, -0.2) is 13.1 Å². The van der Waals surface area contributed by atoms with Gasteiger partial charge in [0.15, 0.2) is 0 Å². The van der Waals surface area contributed by atoms with Crippen molar-refractivity contribution in [3.05, 3.63) is 45.5 Å². The number of hydrogen-bond acceptors (Lipinski definition) is 1. The summed E-state index contributed by atoms with van der Waals surface area (Å²) in [5.74, 6) is 0. The van der Waals surface area contributed by atoms with E-state index in [1.54, 1.807) is 5.57 Å². The van der Waals surface area contributed by atoms with Gasteiger partial charge in [-0.15, -0.1) is 0 Å². The van der Waals surface area contributed by atoms with Crippen LogP contribution >= 0.6 is 23.2 Å². The molecule has 19 heavy (non-hydrogen) atoms. The molecule has 0 radical (unpaired) electrons. The molecule has 0 spiro atoms. The zero-order valence-corrected chi connectivity index (χ0v) is 12.9. The average Bonchev–Trinajstić information content (AvgIpc) is 2.43. The summed E-state index contributed by atoms with van der Waals surface area (Å²) in [7, 11) is 2.03. The van der Waals surface area contributed by atoms with Gasteiger partial charge in [0.05, 0.1) is 10.0 Å². The predicted octanol–water partition coefficient (Wildman–Crippen LogP) is 5.01. The van der Waals surface area contributed by atoms with E-state index in [4.69, 9.17) is 23.2 Å². The molecule has 0 bridgehead atoms. The Kier molecular flexibility index (Phi) is 5.75. The zero-order chi connectivity index (χ0) is 13.7. The van der Waals surface area contributed by atoms with Crippen LogP contribution in [0.4, 0.5) is 0 Å². The minimum absolute atomic E-state index is 0.474. The van der Waals surface area contributed by atoms with Crippen LogP contribution in [0.3, 0.4) is 0 Å². The Morgan fingerprint density at radius 2 is 2.00 bits per heavy atom. The van der Waals surface area contributed by atoms with E-state index in [2.05, 4.69) is 17.5 Å². The number of rotatable bonds is 5. The van der Waals surface area contributed by atoms with Gasteiger partial charge in [0.2, 0.25) is 0 Å². The summed E-state index contributed by atoms with van der Waals surface area (Å²) in [5, 5.41) is 4.69. The fourth-order valence-electron chi connectivity index (χ4n) is 2.63. The van der Waals surface area contributed by atoms with Crippen molar-refractivity contribution in [2.45, 2.75) is 44.6 Å². The quantitative estimate of drug-likeness (QED) is 0.753. The van der Waals surface area contributed by atoms with Gasteiger partial charge in [0.25, 0.3) is 0 Å². The van der Waals surface area contributed by atoms with Gasteiger partial charge < -0.3 is 5.32 Å². The van der Waals surface area contributed by atoms with Crippen LogP contribution in [0.15, 0.2) is 29.8 Å². The van der Waals surface area contributed by atoms with E-state index in [9.17, 15) is 0 Å². The highest BCUT2D eigenvalue weighted by molar-refractivity contribution is 6.42. The molecule has 1 aliphatic rings. The zero-order valence-electron chi connectivity index (χ0n) is 11.4. The molecule has 1 aromatic rings. The topological polar surface area (TPSA) is 12.0 Å². The van der Waals surface area contributed by atoms with Crippen LogP contribution in [-0.2, 0) is 6.42 Å². The van der Waals surface area contributed by atoms with E-state index in [1.807, 2.05) is 19.2 Å². The Bertz CT molecular complexity index is 454.